The van der Waals surface area contributed by atoms with Crippen LogP contribution in [0.1, 0.15) is 11.1 Å². The molecule has 0 unspecified atom stereocenters. The Kier molecular flexibility index (Phi) is 5.04. The Bertz CT molecular complexity index is 802. The maximum Gasteiger partial charge on any atom is 0.345 e. The summed E-state index contributed by atoms with van der Waals surface area (Å²) >= 11 is 5.85. The van der Waals surface area contributed by atoms with Gasteiger partial charge in [0.05, 0.1) is 5.71 Å². The van der Waals surface area contributed by atoms with E-state index in [0.29, 0.717) is 16.4 Å². The van der Waals surface area contributed by atoms with Gasteiger partial charge in [0.25, 0.3) is 0 Å². The van der Waals surface area contributed by atoms with Crippen LogP contribution in [0.4, 0.5) is 10.5 Å². The first-order chi connectivity index (χ1) is 11.7. The van der Waals surface area contributed by atoms with Gasteiger partial charge in [-0.25, -0.2) is 4.79 Å². The standard InChI is InChI=1S/C20H15ClN2O/c21-17-11-13-18(14-12-17)22-20(24)23-19(15-7-3-1-4-8-15)16-9-5-2-6-10-16/h1-14H,(H,22,24). The smallest absolute Gasteiger partial charge is 0.306 e. The lowest BCUT2D eigenvalue weighted by Crippen LogP contribution is -2.12. The highest BCUT2D eigenvalue weighted by Gasteiger charge is 2.09. The number of anilines is 1. The van der Waals surface area contributed by atoms with Gasteiger partial charge in [0.15, 0.2) is 0 Å². The average Bonchev–Trinajstić information content (AvgIpc) is 2.63. The van der Waals surface area contributed by atoms with E-state index in [-0.39, 0.29) is 0 Å². The summed E-state index contributed by atoms with van der Waals surface area (Å²) in [7, 11) is 0. The lowest BCUT2D eigenvalue weighted by molar-refractivity contribution is 0.259. The van der Waals surface area contributed by atoms with Crippen LogP contribution in [0.25, 0.3) is 0 Å². The van der Waals surface area contributed by atoms with E-state index >= 15 is 0 Å². The van der Waals surface area contributed by atoms with Crippen LogP contribution < -0.4 is 5.32 Å². The van der Waals surface area contributed by atoms with Crippen LogP contribution in [0.2, 0.25) is 5.02 Å². The summed E-state index contributed by atoms with van der Waals surface area (Å²) in [5.74, 6) is 0. The molecule has 1 N–H and O–H groups in total. The number of aliphatic imine (C=N–C) groups is 1. The molecule has 3 aromatic rings. The molecule has 0 saturated heterocycles. The quantitative estimate of drug-likeness (QED) is 0.639. The molecule has 0 radical (unpaired) electrons. The summed E-state index contributed by atoms with van der Waals surface area (Å²) < 4.78 is 0. The van der Waals surface area contributed by atoms with Gasteiger partial charge >= 0.3 is 6.03 Å². The zero-order valence-corrected chi connectivity index (χ0v) is 13.6. The third-order valence-corrected chi connectivity index (χ3v) is 3.66. The van der Waals surface area contributed by atoms with Crippen molar-refractivity contribution in [1.82, 2.24) is 0 Å². The molecule has 2 amide bonds. The second kappa shape index (κ2) is 7.57. The highest BCUT2D eigenvalue weighted by atomic mass is 35.5. The molecule has 0 fully saturated rings. The molecular weight excluding hydrogens is 320 g/mol. The minimum absolute atomic E-state index is 0.431. The van der Waals surface area contributed by atoms with Gasteiger partial charge in [-0.2, -0.15) is 4.99 Å². The fourth-order valence-electron chi connectivity index (χ4n) is 2.27. The Balaban J connectivity index is 1.91. The van der Waals surface area contributed by atoms with Gasteiger partial charge in [0, 0.05) is 21.8 Å². The van der Waals surface area contributed by atoms with Crippen LogP contribution in [0.5, 0.6) is 0 Å². The molecule has 3 aromatic carbocycles. The van der Waals surface area contributed by atoms with Crippen LogP contribution in [0.15, 0.2) is 89.9 Å². The van der Waals surface area contributed by atoms with E-state index in [1.54, 1.807) is 24.3 Å². The van der Waals surface area contributed by atoms with Crippen molar-refractivity contribution in [3.8, 4) is 0 Å². The SMILES string of the molecule is O=C(N=C(c1ccccc1)c1ccccc1)Nc1ccc(Cl)cc1. The molecule has 0 aliphatic heterocycles. The second-order valence-electron chi connectivity index (χ2n) is 5.13. The predicted molar refractivity (Wildman–Crippen MR) is 99.0 cm³/mol. The minimum atomic E-state index is -0.431. The summed E-state index contributed by atoms with van der Waals surface area (Å²) in [4.78, 5) is 16.6. The van der Waals surface area contributed by atoms with E-state index in [4.69, 9.17) is 11.6 Å². The van der Waals surface area contributed by atoms with E-state index < -0.39 is 6.03 Å². The van der Waals surface area contributed by atoms with Crippen molar-refractivity contribution in [2.75, 3.05) is 5.32 Å². The van der Waals surface area contributed by atoms with Gasteiger partial charge in [-0.1, -0.05) is 72.3 Å². The minimum Gasteiger partial charge on any atom is -0.306 e. The molecule has 0 spiro atoms. The molecule has 0 aliphatic rings. The van der Waals surface area contributed by atoms with Gasteiger partial charge in [-0.05, 0) is 24.3 Å². The molecule has 0 aliphatic carbocycles. The topological polar surface area (TPSA) is 41.5 Å². The van der Waals surface area contributed by atoms with Crippen molar-refractivity contribution in [1.29, 1.82) is 0 Å². The number of amides is 2. The molecule has 3 nitrogen and oxygen atoms in total. The highest BCUT2D eigenvalue weighted by molar-refractivity contribution is 6.30. The summed E-state index contributed by atoms with van der Waals surface area (Å²) in [6, 6.07) is 25.8. The number of carbonyl (C=O) groups excluding carboxylic acids is 1. The summed E-state index contributed by atoms with van der Waals surface area (Å²) in [6.45, 7) is 0. The van der Waals surface area contributed by atoms with Gasteiger partial charge < -0.3 is 5.32 Å². The second-order valence-corrected chi connectivity index (χ2v) is 5.57. The van der Waals surface area contributed by atoms with Gasteiger partial charge in [0.2, 0.25) is 0 Å². The number of urea groups is 1. The monoisotopic (exact) mass is 334 g/mol. The fourth-order valence-corrected chi connectivity index (χ4v) is 2.40. The van der Waals surface area contributed by atoms with E-state index in [1.807, 2.05) is 60.7 Å². The van der Waals surface area contributed by atoms with Crippen LogP contribution in [0.3, 0.4) is 0 Å². The highest BCUT2D eigenvalue weighted by Crippen LogP contribution is 2.15. The van der Waals surface area contributed by atoms with Gasteiger partial charge in [-0.15, -0.1) is 0 Å². The molecule has 4 heteroatoms. The van der Waals surface area contributed by atoms with Crippen molar-refractivity contribution in [2.45, 2.75) is 0 Å². The fraction of sp³-hybridized carbons (Fsp3) is 0. The Morgan fingerprint density at radius 2 is 1.25 bits per heavy atom. The van der Waals surface area contributed by atoms with Crippen LogP contribution in [0, 0.1) is 0 Å². The Morgan fingerprint density at radius 3 is 1.75 bits per heavy atom. The zero-order valence-electron chi connectivity index (χ0n) is 12.8. The third kappa shape index (κ3) is 4.09. The number of hydrogen-bond donors (Lipinski definition) is 1. The zero-order chi connectivity index (χ0) is 16.8. The first kappa shape index (κ1) is 16.0. The van der Waals surface area contributed by atoms with Crippen LogP contribution in [-0.2, 0) is 0 Å². The Hall–Kier alpha value is -2.91. The first-order valence-corrected chi connectivity index (χ1v) is 7.86. The van der Waals surface area contributed by atoms with E-state index in [9.17, 15) is 4.79 Å². The number of benzene rings is 3. The largest absolute Gasteiger partial charge is 0.345 e. The van der Waals surface area contributed by atoms with Crippen LogP contribution >= 0.6 is 11.6 Å². The van der Waals surface area contributed by atoms with Crippen molar-refractivity contribution in [3.63, 3.8) is 0 Å². The lowest BCUT2D eigenvalue weighted by Gasteiger charge is -2.08. The maximum atomic E-state index is 12.3. The first-order valence-electron chi connectivity index (χ1n) is 7.48. The van der Waals surface area contributed by atoms with Gasteiger partial charge in [-0.3, -0.25) is 0 Å². The molecule has 3 rings (SSSR count). The number of carbonyl (C=O) groups is 1. The maximum absolute atomic E-state index is 12.3. The summed E-state index contributed by atoms with van der Waals surface area (Å²) in [5.41, 5.74) is 3.04. The molecule has 24 heavy (non-hydrogen) atoms. The molecule has 0 bridgehead atoms. The molecule has 0 saturated carbocycles. The number of rotatable bonds is 3. The number of halogens is 1. The van der Waals surface area contributed by atoms with Crippen molar-refractivity contribution in [3.05, 3.63) is 101 Å². The Labute approximate surface area is 145 Å². The summed E-state index contributed by atoms with van der Waals surface area (Å²) in [5, 5.41) is 3.37. The Morgan fingerprint density at radius 1 is 0.750 bits per heavy atom. The van der Waals surface area contributed by atoms with Crippen LogP contribution in [-0.4, -0.2) is 11.7 Å². The van der Waals surface area contributed by atoms with E-state index in [1.165, 1.54) is 0 Å². The molecular formula is C20H15ClN2O. The van der Waals surface area contributed by atoms with E-state index in [2.05, 4.69) is 10.3 Å². The normalized spacial score (nSPS) is 10.0. The van der Waals surface area contributed by atoms with Gasteiger partial charge in [0.1, 0.15) is 0 Å². The van der Waals surface area contributed by atoms with Crippen molar-refractivity contribution in [2.24, 2.45) is 4.99 Å². The van der Waals surface area contributed by atoms with Crippen molar-refractivity contribution < 1.29 is 4.79 Å². The van der Waals surface area contributed by atoms with E-state index in [0.717, 1.165) is 11.1 Å². The lowest BCUT2D eigenvalue weighted by atomic mass is 10.0. The number of nitrogens with zero attached hydrogens (tertiary/aromatic N) is 1. The summed E-state index contributed by atoms with van der Waals surface area (Å²) in [6.07, 6.45) is 0. The molecule has 0 heterocycles. The third-order valence-electron chi connectivity index (χ3n) is 3.40. The molecule has 0 aromatic heterocycles. The number of hydrogen-bond acceptors (Lipinski definition) is 1. The average molecular weight is 335 g/mol. The molecule has 0 atom stereocenters. The predicted octanol–water partition coefficient (Wildman–Crippen LogP) is 5.41. The number of nitrogens with one attached hydrogen (secondary N) is 1. The molecule has 118 valence electrons. The van der Waals surface area contributed by atoms with Crippen molar-refractivity contribution >= 4 is 29.0 Å².